The molecule has 3 aromatic rings. The van der Waals surface area contributed by atoms with E-state index in [0.29, 0.717) is 5.56 Å². The van der Waals surface area contributed by atoms with Crippen LogP contribution in [0.15, 0.2) is 103 Å². The van der Waals surface area contributed by atoms with Crippen LogP contribution in [0.2, 0.25) is 0 Å². The van der Waals surface area contributed by atoms with E-state index in [0.717, 1.165) is 48.3 Å². The van der Waals surface area contributed by atoms with Gasteiger partial charge in [-0.25, -0.2) is 0 Å². The molecule has 4 heteroatoms. The third-order valence-electron chi connectivity index (χ3n) is 6.16. The first kappa shape index (κ1) is 22.4. The Bertz CT molecular complexity index is 1200. The van der Waals surface area contributed by atoms with Crippen LogP contribution in [0.3, 0.4) is 0 Å². The Morgan fingerprint density at radius 1 is 0.939 bits per heavy atom. The van der Waals surface area contributed by atoms with Crippen LogP contribution in [-0.4, -0.2) is 37.0 Å². The van der Waals surface area contributed by atoms with Gasteiger partial charge in [0.05, 0.1) is 0 Å². The molecule has 0 spiro atoms. The van der Waals surface area contributed by atoms with E-state index < -0.39 is 0 Å². The van der Waals surface area contributed by atoms with Gasteiger partial charge in [0.1, 0.15) is 0 Å². The lowest BCUT2D eigenvalue weighted by molar-refractivity contribution is 0.102. The lowest BCUT2D eigenvalue weighted by Gasteiger charge is -2.38. The average Bonchev–Trinajstić information content (AvgIpc) is 2.87. The van der Waals surface area contributed by atoms with Crippen LogP contribution in [-0.2, 0) is 0 Å². The van der Waals surface area contributed by atoms with E-state index >= 15 is 0 Å². The summed E-state index contributed by atoms with van der Waals surface area (Å²) in [6, 6.07) is 22.0. The molecule has 4 rings (SSSR count). The fourth-order valence-electron chi connectivity index (χ4n) is 4.11. The lowest BCUT2D eigenvalue weighted by atomic mass is 10.1. The monoisotopic (exact) mass is 437 g/mol. The summed E-state index contributed by atoms with van der Waals surface area (Å²) in [5.41, 5.74) is 4.93. The minimum Gasteiger partial charge on any atom is -0.368 e. The van der Waals surface area contributed by atoms with Gasteiger partial charge in [0.25, 0.3) is 5.91 Å². The Labute approximate surface area is 196 Å². The number of allylic oxidation sites excluding steroid dienone is 4. The maximum absolute atomic E-state index is 12.7. The van der Waals surface area contributed by atoms with Crippen molar-refractivity contribution in [3.63, 3.8) is 0 Å². The van der Waals surface area contributed by atoms with Crippen molar-refractivity contribution in [2.24, 2.45) is 0 Å². The Hall–Kier alpha value is -3.79. The first-order valence-corrected chi connectivity index (χ1v) is 11.4. The summed E-state index contributed by atoms with van der Waals surface area (Å²) < 4.78 is 0. The fraction of sp³-hybridized carbons (Fsp3) is 0.207. The number of carbonyl (C=O) groups excluding carboxylic acids is 1. The predicted octanol–water partition coefficient (Wildman–Crippen LogP) is 6.25. The number of piperazine rings is 1. The van der Waals surface area contributed by atoms with Crippen molar-refractivity contribution in [2.75, 3.05) is 36.4 Å². The second-order valence-electron chi connectivity index (χ2n) is 8.36. The zero-order chi connectivity index (χ0) is 23.2. The average molecular weight is 438 g/mol. The molecular formula is C29H31N3O. The van der Waals surface area contributed by atoms with Crippen LogP contribution >= 0.6 is 0 Å². The molecule has 4 nitrogen and oxygen atoms in total. The molecule has 3 aromatic carbocycles. The molecule has 1 saturated heterocycles. The van der Waals surface area contributed by atoms with Gasteiger partial charge in [0.15, 0.2) is 0 Å². The maximum Gasteiger partial charge on any atom is 0.255 e. The lowest BCUT2D eigenvalue weighted by Crippen LogP contribution is -2.45. The minimum absolute atomic E-state index is 0.0954. The molecule has 0 atom stereocenters. The summed E-state index contributed by atoms with van der Waals surface area (Å²) in [6.07, 6.45) is 6.19. The van der Waals surface area contributed by atoms with Gasteiger partial charge < -0.3 is 15.1 Å². The van der Waals surface area contributed by atoms with Gasteiger partial charge in [-0.05, 0) is 66.6 Å². The number of nitrogens with one attached hydrogen (secondary N) is 1. The van der Waals surface area contributed by atoms with Crippen LogP contribution < -0.4 is 10.2 Å². The topological polar surface area (TPSA) is 35.6 Å². The smallest absolute Gasteiger partial charge is 0.255 e. The van der Waals surface area contributed by atoms with Crippen molar-refractivity contribution < 1.29 is 4.79 Å². The second kappa shape index (κ2) is 10.2. The summed E-state index contributed by atoms with van der Waals surface area (Å²) in [7, 11) is 0. The predicted molar refractivity (Wildman–Crippen MR) is 140 cm³/mol. The zero-order valence-electron chi connectivity index (χ0n) is 19.4. The van der Waals surface area contributed by atoms with E-state index in [1.165, 1.54) is 11.3 Å². The number of carbonyl (C=O) groups is 1. The standard InChI is InChI=1S/C29H31N3O/c1-4-5-8-22(2)23(3)31-17-19-32(20-18-31)28-15-13-27(14-16-28)30-29(33)26-12-11-24-9-6-7-10-25(24)21-26/h4-16,21H,3,17-20H2,1-2H3,(H,30,33)/b5-4-,22-8+. The Morgan fingerprint density at radius 3 is 2.33 bits per heavy atom. The molecule has 0 radical (unpaired) electrons. The third kappa shape index (κ3) is 5.35. The molecule has 0 aromatic heterocycles. The minimum atomic E-state index is -0.0954. The van der Waals surface area contributed by atoms with Crippen LogP contribution in [0.5, 0.6) is 0 Å². The van der Waals surface area contributed by atoms with Crippen LogP contribution in [0.4, 0.5) is 11.4 Å². The SMILES string of the molecule is C=C(/C(C)=C/C=C\C)N1CCN(c2ccc(NC(=O)c3ccc4ccccc4c3)cc2)CC1. The maximum atomic E-state index is 12.7. The van der Waals surface area contributed by atoms with Crippen LogP contribution in [0.1, 0.15) is 24.2 Å². The van der Waals surface area contributed by atoms with Gasteiger partial charge in [-0.15, -0.1) is 0 Å². The highest BCUT2D eigenvalue weighted by molar-refractivity contribution is 6.06. The highest BCUT2D eigenvalue weighted by Crippen LogP contribution is 2.23. The largest absolute Gasteiger partial charge is 0.368 e. The summed E-state index contributed by atoms with van der Waals surface area (Å²) in [6.45, 7) is 12.2. The quantitative estimate of drug-likeness (QED) is 0.463. The Balaban J connectivity index is 1.34. The molecule has 1 heterocycles. The molecule has 1 N–H and O–H groups in total. The molecule has 1 fully saturated rings. The first-order valence-electron chi connectivity index (χ1n) is 11.4. The molecular weight excluding hydrogens is 406 g/mol. The summed E-state index contributed by atoms with van der Waals surface area (Å²) in [5, 5.41) is 5.21. The summed E-state index contributed by atoms with van der Waals surface area (Å²) in [4.78, 5) is 17.5. The van der Waals surface area contributed by atoms with Crippen LogP contribution in [0.25, 0.3) is 10.8 Å². The molecule has 0 saturated carbocycles. The van der Waals surface area contributed by atoms with E-state index in [2.05, 4.69) is 52.9 Å². The highest BCUT2D eigenvalue weighted by Gasteiger charge is 2.19. The van der Waals surface area contributed by atoms with Gasteiger partial charge in [0, 0.05) is 48.8 Å². The second-order valence-corrected chi connectivity index (χ2v) is 8.36. The molecule has 0 bridgehead atoms. The van der Waals surface area contributed by atoms with Gasteiger partial charge in [-0.2, -0.15) is 0 Å². The number of anilines is 2. The van der Waals surface area contributed by atoms with E-state index in [4.69, 9.17) is 0 Å². The van der Waals surface area contributed by atoms with Gasteiger partial charge in [0.2, 0.25) is 0 Å². The highest BCUT2D eigenvalue weighted by atomic mass is 16.1. The number of fused-ring (bicyclic) bond motifs is 1. The number of amides is 1. The van der Waals surface area contributed by atoms with E-state index in [1.807, 2.05) is 67.6 Å². The van der Waals surface area contributed by atoms with Crippen molar-refractivity contribution in [2.45, 2.75) is 13.8 Å². The molecule has 0 unspecified atom stereocenters. The summed E-state index contributed by atoms with van der Waals surface area (Å²) >= 11 is 0. The van der Waals surface area contributed by atoms with E-state index in [1.54, 1.807) is 0 Å². The molecule has 33 heavy (non-hydrogen) atoms. The number of rotatable bonds is 6. The van der Waals surface area contributed by atoms with Gasteiger partial charge in [-0.3, -0.25) is 4.79 Å². The number of benzene rings is 3. The van der Waals surface area contributed by atoms with Gasteiger partial charge in [-0.1, -0.05) is 55.1 Å². The van der Waals surface area contributed by atoms with E-state index in [9.17, 15) is 4.79 Å². The fourth-order valence-corrected chi connectivity index (χ4v) is 4.11. The molecule has 0 aliphatic carbocycles. The van der Waals surface area contributed by atoms with Crippen molar-refractivity contribution in [3.8, 4) is 0 Å². The Kier molecular flexibility index (Phi) is 6.94. The zero-order valence-corrected chi connectivity index (χ0v) is 19.4. The molecule has 1 aliphatic rings. The molecule has 1 amide bonds. The Morgan fingerprint density at radius 2 is 1.64 bits per heavy atom. The summed E-state index contributed by atoms with van der Waals surface area (Å²) in [5.74, 6) is -0.0954. The normalized spacial score (nSPS) is 14.7. The number of hydrogen-bond acceptors (Lipinski definition) is 3. The molecule has 168 valence electrons. The number of nitrogens with zero attached hydrogens (tertiary/aromatic N) is 2. The third-order valence-corrected chi connectivity index (χ3v) is 6.16. The van der Waals surface area contributed by atoms with Crippen LogP contribution in [0, 0.1) is 0 Å². The molecule has 1 aliphatic heterocycles. The van der Waals surface area contributed by atoms with Crippen molar-refractivity contribution in [1.29, 1.82) is 0 Å². The van der Waals surface area contributed by atoms with Crippen molar-refractivity contribution in [1.82, 2.24) is 4.90 Å². The van der Waals surface area contributed by atoms with E-state index in [-0.39, 0.29) is 5.91 Å². The number of hydrogen-bond donors (Lipinski definition) is 1. The van der Waals surface area contributed by atoms with Gasteiger partial charge >= 0.3 is 0 Å². The van der Waals surface area contributed by atoms with Crippen molar-refractivity contribution >= 4 is 28.1 Å². The van der Waals surface area contributed by atoms with Crippen molar-refractivity contribution in [3.05, 3.63) is 108 Å². The first-order chi connectivity index (χ1) is 16.0.